The van der Waals surface area contributed by atoms with Crippen molar-refractivity contribution in [1.29, 1.82) is 0 Å². The number of halogens is 1. The molecule has 0 spiro atoms. The van der Waals surface area contributed by atoms with Crippen molar-refractivity contribution in [2.24, 2.45) is 0 Å². The van der Waals surface area contributed by atoms with E-state index in [4.69, 9.17) is 9.47 Å². The predicted molar refractivity (Wildman–Crippen MR) is 54.1 cm³/mol. The van der Waals surface area contributed by atoms with Gasteiger partial charge in [-0.05, 0) is 19.1 Å². The molecule has 13 heavy (non-hydrogen) atoms. The third-order valence-corrected chi connectivity index (χ3v) is 2.06. The molecule has 0 saturated carbocycles. The maximum absolute atomic E-state index is 5.32. The van der Waals surface area contributed by atoms with Gasteiger partial charge in [0.1, 0.15) is 5.75 Å². The van der Waals surface area contributed by atoms with Crippen LogP contribution in [0.2, 0.25) is 0 Å². The zero-order valence-electron chi connectivity index (χ0n) is 7.71. The van der Waals surface area contributed by atoms with Gasteiger partial charge in [0, 0.05) is 18.1 Å². The van der Waals surface area contributed by atoms with Gasteiger partial charge >= 0.3 is 0 Å². The highest BCUT2D eigenvalue weighted by molar-refractivity contribution is 9.08. The fraction of sp³-hybridized carbons (Fsp3) is 0.444. The highest BCUT2D eigenvalue weighted by Crippen LogP contribution is 2.19. The Hall–Kier alpha value is -0.610. The lowest BCUT2D eigenvalue weighted by atomic mass is 10.3. The first-order valence-electron chi connectivity index (χ1n) is 3.92. The Morgan fingerprint density at radius 1 is 1.46 bits per heavy atom. The van der Waals surface area contributed by atoms with E-state index in [1.165, 1.54) is 0 Å². The first kappa shape index (κ1) is 10.5. The molecule has 0 saturated heterocycles. The third-order valence-electron chi connectivity index (χ3n) is 1.53. The number of aryl methyl sites for hydroxylation is 1. The van der Waals surface area contributed by atoms with Crippen LogP contribution >= 0.6 is 15.9 Å². The van der Waals surface area contributed by atoms with Gasteiger partial charge in [0.2, 0.25) is 0 Å². The molecule has 0 atom stereocenters. The second-order valence-corrected chi connectivity index (χ2v) is 3.14. The Morgan fingerprint density at radius 2 is 2.23 bits per heavy atom. The van der Waals surface area contributed by atoms with E-state index in [0.717, 1.165) is 17.1 Å². The monoisotopic (exact) mass is 245 g/mol. The highest BCUT2D eigenvalue weighted by atomic mass is 79.9. The van der Waals surface area contributed by atoms with Crippen LogP contribution in [0.4, 0.5) is 0 Å². The van der Waals surface area contributed by atoms with Crippen LogP contribution in [0.1, 0.15) is 11.4 Å². The molecule has 0 aliphatic heterocycles. The van der Waals surface area contributed by atoms with Crippen molar-refractivity contribution in [2.45, 2.75) is 12.3 Å². The van der Waals surface area contributed by atoms with Gasteiger partial charge in [-0.2, -0.15) is 0 Å². The van der Waals surface area contributed by atoms with Crippen molar-refractivity contribution >= 4 is 15.9 Å². The van der Waals surface area contributed by atoms with E-state index in [1.54, 1.807) is 7.11 Å². The molecular formula is C9H12BrNO2. The highest BCUT2D eigenvalue weighted by Gasteiger charge is 2.03. The molecule has 0 unspecified atom stereocenters. The summed E-state index contributed by atoms with van der Waals surface area (Å²) in [7, 11) is 1.59. The maximum Gasteiger partial charge on any atom is 0.188 e. The van der Waals surface area contributed by atoms with Gasteiger partial charge in [0.05, 0.1) is 5.69 Å². The molecule has 3 nitrogen and oxygen atoms in total. The number of hydrogen-bond donors (Lipinski definition) is 0. The summed E-state index contributed by atoms with van der Waals surface area (Å²) in [5, 5.41) is 0.688. The smallest absolute Gasteiger partial charge is 0.188 e. The first-order chi connectivity index (χ1) is 6.27. The standard InChI is InChI=1S/C9H12BrNO2/c1-7-3-4-9(13-6-12-2)8(5-10)11-7/h3-4H,5-6H2,1-2H3. The average Bonchev–Trinajstić information content (AvgIpc) is 2.16. The lowest BCUT2D eigenvalue weighted by Gasteiger charge is -2.08. The number of ether oxygens (including phenoxy) is 2. The quantitative estimate of drug-likeness (QED) is 0.603. The largest absolute Gasteiger partial charge is 0.466 e. The zero-order valence-corrected chi connectivity index (χ0v) is 9.30. The van der Waals surface area contributed by atoms with Crippen molar-refractivity contribution < 1.29 is 9.47 Å². The average molecular weight is 246 g/mol. The fourth-order valence-corrected chi connectivity index (χ4v) is 1.35. The van der Waals surface area contributed by atoms with Crippen molar-refractivity contribution in [3.8, 4) is 5.75 Å². The molecular weight excluding hydrogens is 234 g/mol. The molecule has 0 amide bonds. The predicted octanol–water partition coefficient (Wildman–Crippen LogP) is 2.27. The van der Waals surface area contributed by atoms with Crippen LogP contribution < -0.4 is 4.74 Å². The molecule has 0 N–H and O–H groups in total. The van der Waals surface area contributed by atoms with E-state index < -0.39 is 0 Å². The van der Waals surface area contributed by atoms with E-state index in [9.17, 15) is 0 Å². The van der Waals surface area contributed by atoms with Gasteiger partial charge in [0.15, 0.2) is 6.79 Å². The minimum absolute atomic E-state index is 0.255. The molecule has 0 fully saturated rings. The van der Waals surface area contributed by atoms with Crippen molar-refractivity contribution in [1.82, 2.24) is 4.98 Å². The Labute approximate surface area is 86.2 Å². The summed E-state index contributed by atoms with van der Waals surface area (Å²) < 4.78 is 10.1. The van der Waals surface area contributed by atoms with Crippen molar-refractivity contribution in [3.63, 3.8) is 0 Å². The summed E-state index contributed by atoms with van der Waals surface area (Å²) in [4.78, 5) is 4.32. The van der Waals surface area contributed by atoms with Crippen molar-refractivity contribution in [2.75, 3.05) is 13.9 Å². The van der Waals surface area contributed by atoms with Gasteiger partial charge in [0.25, 0.3) is 0 Å². The first-order valence-corrected chi connectivity index (χ1v) is 5.04. The Bertz CT molecular complexity index is 278. The normalized spacial score (nSPS) is 10.1. The Balaban J connectivity index is 2.79. The Morgan fingerprint density at radius 3 is 2.85 bits per heavy atom. The molecule has 72 valence electrons. The summed E-state index contributed by atoms with van der Waals surface area (Å²) in [6, 6.07) is 3.81. The van der Waals surface area contributed by atoms with E-state index in [0.29, 0.717) is 5.33 Å². The summed E-state index contributed by atoms with van der Waals surface area (Å²) in [6.07, 6.45) is 0. The lowest BCUT2D eigenvalue weighted by Crippen LogP contribution is -2.02. The Kier molecular flexibility index (Phi) is 4.18. The van der Waals surface area contributed by atoms with Crippen LogP contribution in [0.3, 0.4) is 0 Å². The molecule has 0 bridgehead atoms. The number of nitrogens with zero attached hydrogens (tertiary/aromatic N) is 1. The second-order valence-electron chi connectivity index (χ2n) is 2.58. The van der Waals surface area contributed by atoms with E-state index in [2.05, 4.69) is 20.9 Å². The molecule has 1 aromatic rings. The molecule has 0 aliphatic carbocycles. The topological polar surface area (TPSA) is 31.4 Å². The molecule has 1 heterocycles. The SMILES string of the molecule is COCOc1ccc(C)nc1CBr. The van der Waals surface area contributed by atoms with Crippen LogP contribution in [0.25, 0.3) is 0 Å². The van der Waals surface area contributed by atoms with E-state index in [1.807, 2.05) is 19.1 Å². The van der Waals surface area contributed by atoms with Crippen LogP contribution in [-0.4, -0.2) is 18.9 Å². The zero-order chi connectivity index (χ0) is 9.68. The van der Waals surface area contributed by atoms with E-state index >= 15 is 0 Å². The molecule has 0 aromatic carbocycles. The number of alkyl halides is 1. The molecule has 0 radical (unpaired) electrons. The molecule has 1 aromatic heterocycles. The molecule has 4 heteroatoms. The summed E-state index contributed by atoms with van der Waals surface area (Å²) in [5.41, 5.74) is 1.89. The summed E-state index contributed by atoms with van der Waals surface area (Å²) in [6.45, 7) is 2.21. The minimum Gasteiger partial charge on any atom is -0.466 e. The number of methoxy groups -OCH3 is 1. The number of pyridine rings is 1. The number of aromatic nitrogens is 1. The van der Waals surface area contributed by atoms with Crippen molar-refractivity contribution in [3.05, 3.63) is 23.5 Å². The molecule has 0 aliphatic rings. The molecule has 1 rings (SSSR count). The third kappa shape index (κ3) is 2.97. The summed E-state index contributed by atoms with van der Waals surface area (Å²) >= 11 is 3.35. The second kappa shape index (κ2) is 5.19. The van der Waals surface area contributed by atoms with Gasteiger partial charge in [-0.15, -0.1) is 0 Å². The summed E-state index contributed by atoms with van der Waals surface area (Å²) in [5.74, 6) is 0.768. The lowest BCUT2D eigenvalue weighted by molar-refractivity contribution is 0.0502. The van der Waals surface area contributed by atoms with Crippen LogP contribution in [0.15, 0.2) is 12.1 Å². The van der Waals surface area contributed by atoms with Gasteiger partial charge in [-0.3, -0.25) is 4.98 Å². The minimum atomic E-state index is 0.255. The fourth-order valence-electron chi connectivity index (χ4n) is 0.947. The maximum atomic E-state index is 5.32. The van der Waals surface area contributed by atoms with Crippen LogP contribution in [-0.2, 0) is 10.1 Å². The van der Waals surface area contributed by atoms with Crippen LogP contribution in [0.5, 0.6) is 5.75 Å². The van der Waals surface area contributed by atoms with E-state index in [-0.39, 0.29) is 6.79 Å². The number of hydrogen-bond acceptors (Lipinski definition) is 3. The number of rotatable bonds is 4. The van der Waals surface area contributed by atoms with Gasteiger partial charge in [-0.1, -0.05) is 15.9 Å². The van der Waals surface area contributed by atoms with Gasteiger partial charge < -0.3 is 9.47 Å². The van der Waals surface area contributed by atoms with Gasteiger partial charge in [-0.25, -0.2) is 0 Å². The van der Waals surface area contributed by atoms with Crippen LogP contribution in [0, 0.1) is 6.92 Å².